The van der Waals surface area contributed by atoms with Crippen molar-refractivity contribution in [2.75, 3.05) is 19.8 Å². The zero-order valence-electron chi connectivity index (χ0n) is 11.0. The molecule has 1 amide bonds. The van der Waals surface area contributed by atoms with Crippen LogP contribution < -0.4 is 14.8 Å². The van der Waals surface area contributed by atoms with E-state index < -0.39 is 24.5 Å². The van der Waals surface area contributed by atoms with Gasteiger partial charge in [0.1, 0.15) is 6.04 Å². The minimum Gasteiger partial charge on any atom is -0.490 e. The Morgan fingerprint density at radius 3 is 2.35 bits per heavy atom. The van der Waals surface area contributed by atoms with Crippen molar-refractivity contribution in [3.05, 3.63) is 24.3 Å². The van der Waals surface area contributed by atoms with E-state index in [-0.39, 0.29) is 6.61 Å². The van der Waals surface area contributed by atoms with Gasteiger partial charge in [-0.15, -0.1) is 0 Å². The molecule has 0 saturated carbocycles. The van der Waals surface area contributed by atoms with Gasteiger partial charge in [0.2, 0.25) is 0 Å². The lowest BCUT2D eigenvalue weighted by Gasteiger charge is -2.14. The third-order valence-electron chi connectivity index (χ3n) is 2.32. The van der Waals surface area contributed by atoms with Crippen LogP contribution in [0.15, 0.2) is 24.3 Å². The molecule has 20 heavy (non-hydrogen) atoms. The fourth-order valence-electron chi connectivity index (χ4n) is 1.41. The second kappa shape index (κ2) is 8.00. The highest BCUT2D eigenvalue weighted by molar-refractivity contribution is 5.84. The highest BCUT2D eigenvalue weighted by atomic mass is 16.5. The van der Waals surface area contributed by atoms with Crippen LogP contribution in [0, 0.1) is 0 Å². The molecule has 1 rings (SSSR count). The van der Waals surface area contributed by atoms with Gasteiger partial charge in [-0.25, -0.2) is 4.79 Å². The molecule has 1 atom stereocenters. The number of benzene rings is 1. The summed E-state index contributed by atoms with van der Waals surface area (Å²) in [7, 11) is 0. The van der Waals surface area contributed by atoms with Crippen LogP contribution in [0.1, 0.15) is 6.92 Å². The van der Waals surface area contributed by atoms with E-state index in [1.54, 1.807) is 24.3 Å². The van der Waals surface area contributed by atoms with Crippen LogP contribution in [0.5, 0.6) is 11.5 Å². The monoisotopic (exact) mass is 283 g/mol. The molecule has 7 heteroatoms. The maximum absolute atomic E-state index is 11.5. The van der Waals surface area contributed by atoms with E-state index in [0.717, 1.165) is 0 Å². The molecule has 0 aliphatic carbocycles. The summed E-state index contributed by atoms with van der Waals surface area (Å²) < 4.78 is 10.6. The number of para-hydroxylation sites is 2. The Hall–Kier alpha value is -2.28. The number of carboxylic acids is 1. The summed E-state index contributed by atoms with van der Waals surface area (Å²) in [6.07, 6.45) is 0. The summed E-state index contributed by atoms with van der Waals surface area (Å²) >= 11 is 0. The number of nitrogens with one attached hydrogen (secondary N) is 1. The lowest BCUT2D eigenvalue weighted by atomic mass is 10.3. The van der Waals surface area contributed by atoms with Crippen LogP contribution in [-0.4, -0.2) is 48.0 Å². The number of ether oxygens (including phenoxy) is 2. The highest BCUT2D eigenvalue weighted by Crippen LogP contribution is 2.26. The van der Waals surface area contributed by atoms with Crippen LogP contribution in [0.2, 0.25) is 0 Å². The molecule has 0 saturated heterocycles. The minimum absolute atomic E-state index is 0.367. The fourth-order valence-corrected chi connectivity index (χ4v) is 1.41. The van der Waals surface area contributed by atoms with Crippen LogP contribution in [0.25, 0.3) is 0 Å². The lowest BCUT2D eigenvalue weighted by molar-refractivity contribution is -0.143. The van der Waals surface area contributed by atoms with E-state index in [0.29, 0.717) is 18.1 Å². The third-order valence-corrected chi connectivity index (χ3v) is 2.32. The molecule has 0 spiro atoms. The molecule has 0 aliphatic heterocycles. The Kier molecular flexibility index (Phi) is 6.31. The van der Waals surface area contributed by atoms with Gasteiger partial charge >= 0.3 is 5.97 Å². The van der Waals surface area contributed by atoms with Gasteiger partial charge in [0.25, 0.3) is 5.91 Å². The second-order valence-electron chi connectivity index (χ2n) is 3.81. The number of aliphatic hydroxyl groups is 1. The van der Waals surface area contributed by atoms with Gasteiger partial charge in [0, 0.05) is 0 Å². The van der Waals surface area contributed by atoms with E-state index >= 15 is 0 Å². The molecule has 0 aliphatic rings. The SMILES string of the molecule is CCOc1ccccc1OCC(=O)NC(CO)C(=O)O. The normalized spacial score (nSPS) is 11.5. The molecule has 1 aromatic carbocycles. The molecule has 110 valence electrons. The van der Waals surface area contributed by atoms with Gasteiger partial charge in [-0.2, -0.15) is 0 Å². The molecule has 1 aromatic rings. The van der Waals surface area contributed by atoms with Crippen molar-refractivity contribution in [2.45, 2.75) is 13.0 Å². The third kappa shape index (κ3) is 4.77. The molecule has 0 heterocycles. The number of rotatable bonds is 8. The number of hydrogen-bond acceptors (Lipinski definition) is 5. The Labute approximate surface area is 116 Å². The second-order valence-corrected chi connectivity index (χ2v) is 3.81. The van der Waals surface area contributed by atoms with Gasteiger partial charge in [0.05, 0.1) is 13.2 Å². The molecule has 0 aromatic heterocycles. The Morgan fingerprint density at radius 2 is 1.85 bits per heavy atom. The van der Waals surface area contributed by atoms with Crippen LogP contribution >= 0.6 is 0 Å². The summed E-state index contributed by atoms with van der Waals surface area (Å²) in [5, 5.41) is 19.6. The predicted octanol–water partition coefficient (Wildman–Crippen LogP) is 0.0258. The van der Waals surface area contributed by atoms with E-state index in [4.69, 9.17) is 19.7 Å². The maximum Gasteiger partial charge on any atom is 0.328 e. The van der Waals surface area contributed by atoms with Crippen molar-refractivity contribution in [3.8, 4) is 11.5 Å². The van der Waals surface area contributed by atoms with Gasteiger partial charge < -0.3 is 25.0 Å². The van der Waals surface area contributed by atoms with E-state index in [2.05, 4.69) is 5.32 Å². The average Bonchev–Trinajstić information content (AvgIpc) is 2.43. The van der Waals surface area contributed by atoms with Gasteiger partial charge in [-0.05, 0) is 19.1 Å². The minimum atomic E-state index is -1.34. The quantitative estimate of drug-likeness (QED) is 0.621. The summed E-state index contributed by atoms with van der Waals surface area (Å²) in [6, 6.07) is 5.49. The van der Waals surface area contributed by atoms with Crippen molar-refractivity contribution in [1.29, 1.82) is 0 Å². The molecule has 7 nitrogen and oxygen atoms in total. The Bertz CT molecular complexity index is 462. The smallest absolute Gasteiger partial charge is 0.328 e. The summed E-state index contributed by atoms with van der Waals surface area (Å²) in [6.45, 7) is 1.23. The van der Waals surface area contributed by atoms with Crippen molar-refractivity contribution in [1.82, 2.24) is 5.32 Å². The van der Waals surface area contributed by atoms with Crippen molar-refractivity contribution in [3.63, 3.8) is 0 Å². The van der Waals surface area contributed by atoms with Gasteiger partial charge in [-0.1, -0.05) is 12.1 Å². The first kappa shape index (κ1) is 15.8. The number of carbonyl (C=O) groups is 2. The van der Waals surface area contributed by atoms with Crippen molar-refractivity contribution < 1.29 is 29.3 Å². The largest absolute Gasteiger partial charge is 0.490 e. The van der Waals surface area contributed by atoms with Crippen LogP contribution in [0.4, 0.5) is 0 Å². The first-order valence-electron chi connectivity index (χ1n) is 6.06. The molecule has 0 bridgehead atoms. The number of aliphatic carboxylic acids is 1. The summed E-state index contributed by atoms with van der Waals surface area (Å²) in [5.41, 5.74) is 0. The number of carboxylic acid groups (broad SMARTS) is 1. The molecule has 3 N–H and O–H groups in total. The van der Waals surface area contributed by atoms with Crippen LogP contribution in [0.3, 0.4) is 0 Å². The maximum atomic E-state index is 11.5. The fraction of sp³-hybridized carbons (Fsp3) is 0.385. The number of aliphatic hydroxyl groups excluding tert-OH is 1. The van der Waals surface area contributed by atoms with E-state index in [9.17, 15) is 9.59 Å². The lowest BCUT2D eigenvalue weighted by Crippen LogP contribution is -2.45. The van der Waals surface area contributed by atoms with E-state index in [1.165, 1.54) is 0 Å². The van der Waals surface area contributed by atoms with Gasteiger partial charge in [-0.3, -0.25) is 4.79 Å². The highest BCUT2D eigenvalue weighted by Gasteiger charge is 2.19. The Balaban J connectivity index is 2.54. The topological polar surface area (TPSA) is 105 Å². The zero-order valence-corrected chi connectivity index (χ0v) is 11.0. The van der Waals surface area contributed by atoms with Crippen molar-refractivity contribution in [2.24, 2.45) is 0 Å². The Morgan fingerprint density at radius 1 is 1.25 bits per heavy atom. The zero-order chi connectivity index (χ0) is 15.0. The molecule has 0 fully saturated rings. The van der Waals surface area contributed by atoms with E-state index in [1.807, 2.05) is 6.92 Å². The van der Waals surface area contributed by atoms with Crippen molar-refractivity contribution >= 4 is 11.9 Å². The van der Waals surface area contributed by atoms with Gasteiger partial charge in [0.15, 0.2) is 18.1 Å². The summed E-state index contributed by atoms with van der Waals surface area (Å²) in [5.74, 6) is -1.06. The standard InChI is InChI=1S/C13H17NO6/c1-2-19-10-5-3-4-6-11(10)20-8-12(16)14-9(7-15)13(17)18/h3-6,9,15H,2,7-8H2,1H3,(H,14,16)(H,17,18). The molecular weight excluding hydrogens is 266 g/mol. The average molecular weight is 283 g/mol. The number of carbonyl (C=O) groups excluding carboxylic acids is 1. The first-order valence-corrected chi connectivity index (χ1v) is 6.06. The predicted molar refractivity (Wildman–Crippen MR) is 69.8 cm³/mol. The summed E-state index contributed by atoms with van der Waals surface area (Å²) in [4.78, 5) is 22.2. The molecular formula is C13H17NO6. The number of amides is 1. The first-order chi connectivity index (χ1) is 9.58. The molecule has 1 unspecified atom stereocenters. The molecule has 0 radical (unpaired) electrons. The number of hydrogen-bond donors (Lipinski definition) is 3. The van der Waals surface area contributed by atoms with Crippen LogP contribution in [-0.2, 0) is 9.59 Å².